The van der Waals surface area contributed by atoms with Gasteiger partial charge >= 0.3 is 0 Å². The molecule has 0 aliphatic heterocycles. The molecule has 1 aromatic rings. The Bertz CT molecular complexity index is 480. The number of anilines is 1. The predicted octanol–water partition coefficient (Wildman–Crippen LogP) is 3.86. The molecule has 3 N–H and O–H groups in total. The lowest BCUT2D eigenvalue weighted by Gasteiger charge is -2.30. The van der Waals surface area contributed by atoms with Crippen LogP contribution in [0.3, 0.4) is 0 Å². The third kappa shape index (κ3) is 5.84. The minimum absolute atomic E-state index is 0.0791. The van der Waals surface area contributed by atoms with E-state index >= 15 is 0 Å². The summed E-state index contributed by atoms with van der Waals surface area (Å²) in [4.78, 5) is 12.0. The number of rotatable bonds is 6. The van der Waals surface area contributed by atoms with Crippen LogP contribution in [0.5, 0.6) is 0 Å². The quantitative estimate of drug-likeness (QED) is 0.837. The maximum atomic E-state index is 13.4. The highest BCUT2D eigenvalue weighted by atomic mass is 19.1. The molecule has 0 saturated heterocycles. The molecule has 0 saturated carbocycles. The maximum absolute atomic E-state index is 13.4. The Balaban J connectivity index is 2.54. The third-order valence-corrected chi connectivity index (χ3v) is 3.92. The van der Waals surface area contributed by atoms with Gasteiger partial charge in [0.1, 0.15) is 5.82 Å². The second-order valence-corrected chi connectivity index (χ2v) is 6.69. The average Bonchev–Trinajstić information content (AvgIpc) is 2.37. The lowest BCUT2D eigenvalue weighted by molar-refractivity contribution is -0.116. The number of nitrogens with two attached hydrogens (primary N) is 1. The first kappa shape index (κ1) is 17.6. The molecule has 3 nitrogen and oxygen atoms in total. The fraction of sp³-hybridized carbons (Fsp3) is 0.588. The highest BCUT2D eigenvalue weighted by molar-refractivity contribution is 5.90. The van der Waals surface area contributed by atoms with Gasteiger partial charge in [0, 0.05) is 12.1 Å². The number of aryl methyl sites for hydroxylation is 1. The molecule has 21 heavy (non-hydrogen) atoms. The van der Waals surface area contributed by atoms with Crippen molar-refractivity contribution in [2.75, 3.05) is 11.9 Å². The van der Waals surface area contributed by atoms with Gasteiger partial charge in [-0.15, -0.1) is 0 Å². The van der Waals surface area contributed by atoms with E-state index in [0.717, 1.165) is 12.8 Å². The summed E-state index contributed by atoms with van der Waals surface area (Å²) in [7, 11) is 0. The van der Waals surface area contributed by atoms with Crippen LogP contribution < -0.4 is 11.1 Å². The zero-order valence-electron chi connectivity index (χ0n) is 13.5. The largest absolute Gasteiger partial charge is 0.330 e. The van der Waals surface area contributed by atoms with Gasteiger partial charge in [-0.25, -0.2) is 4.39 Å². The molecule has 1 atom stereocenters. The van der Waals surface area contributed by atoms with Crippen molar-refractivity contribution < 1.29 is 9.18 Å². The van der Waals surface area contributed by atoms with E-state index in [1.54, 1.807) is 19.1 Å². The van der Waals surface area contributed by atoms with Gasteiger partial charge in [0.15, 0.2) is 0 Å². The van der Waals surface area contributed by atoms with Crippen molar-refractivity contribution in [2.45, 2.75) is 47.0 Å². The van der Waals surface area contributed by atoms with Gasteiger partial charge in [-0.3, -0.25) is 4.79 Å². The average molecular weight is 294 g/mol. The molecule has 1 rings (SSSR count). The molecular formula is C17H27FN2O. The Labute approximate surface area is 127 Å². The zero-order valence-corrected chi connectivity index (χ0v) is 13.5. The van der Waals surface area contributed by atoms with E-state index in [1.807, 2.05) is 0 Å². The third-order valence-electron chi connectivity index (χ3n) is 3.92. The SMILES string of the molecule is Cc1ccc(NC(=O)CCC(CCN)C(C)(C)C)cc1F. The normalized spacial score (nSPS) is 13.0. The lowest BCUT2D eigenvalue weighted by Crippen LogP contribution is -2.25. The summed E-state index contributed by atoms with van der Waals surface area (Å²) in [5, 5.41) is 2.75. The maximum Gasteiger partial charge on any atom is 0.224 e. The van der Waals surface area contributed by atoms with Crippen LogP contribution in [0, 0.1) is 24.1 Å². The second-order valence-electron chi connectivity index (χ2n) is 6.69. The Morgan fingerprint density at radius 3 is 2.52 bits per heavy atom. The number of nitrogens with one attached hydrogen (secondary N) is 1. The molecule has 4 heteroatoms. The fourth-order valence-corrected chi connectivity index (χ4v) is 2.41. The summed E-state index contributed by atoms with van der Waals surface area (Å²) in [6.07, 6.45) is 2.13. The minimum Gasteiger partial charge on any atom is -0.330 e. The molecule has 0 aliphatic carbocycles. The number of hydrogen-bond acceptors (Lipinski definition) is 2. The summed E-state index contributed by atoms with van der Waals surface area (Å²) >= 11 is 0. The molecule has 0 bridgehead atoms. The molecule has 1 amide bonds. The number of hydrogen-bond donors (Lipinski definition) is 2. The Hall–Kier alpha value is -1.42. The standard InChI is InChI=1S/C17H27FN2O/c1-12-5-7-14(11-15(12)18)20-16(21)8-6-13(9-10-19)17(2,3)4/h5,7,11,13H,6,8-10,19H2,1-4H3,(H,20,21). The number of amides is 1. The van der Waals surface area contributed by atoms with E-state index in [1.165, 1.54) is 6.07 Å². The van der Waals surface area contributed by atoms with Gasteiger partial charge in [-0.1, -0.05) is 26.8 Å². The van der Waals surface area contributed by atoms with Crippen LogP contribution >= 0.6 is 0 Å². The van der Waals surface area contributed by atoms with Crippen molar-refractivity contribution in [3.63, 3.8) is 0 Å². The number of benzene rings is 1. The van der Waals surface area contributed by atoms with E-state index < -0.39 is 0 Å². The number of carbonyl (C=O) groups is 1. The molecule has 118 valence electrons. The lowest BCUT2D eigenvalue weighted by atomic mass is 9.76. The highest BCUT2D eigenvalue weighted by Gasteiger charge is 2.24. The van der Waals surface area contributed by atoms with E-state index in [-0.39, 0.29) is 17.1 Å². The second kappa shape index (κ2) is 7.55. The van der Waals surface area contributed by atoms with Crippen LogP contribution in [-0.4, -0.2) is 12.5 Å². The van der Waals surface area contributed by atoms with Crippen LogP contribution in [0.15, 0.2) is 18.2 Å². The summed E-state index contributed by atoms with van der Waals surface area (Å²) in [5.41, 5.74) is 6.86. The van der Waals surface area contributed by atoms with Crippen molar-refractivity contribution in [3.05, 3.63) is 29.6 Å². The van der Waals surface area contributed by atoms with E-state index in [2.05, 4.69) is 26.1 Å². The topological polar surface area (TPSA) is 55.1 Å². The van der Waals surface area contributed by atoms with Gasteiger partial charge in [0.05, 0.1) is 0 Å². The van der Waals surface area contributed by atoms with Gasteiger partial charge in [0.2, 0.25) is 5.91 Å². The summed E-state index contributed by atoms with van der Waals surface area (Å²) in [6, 6.07) is 4.74. The van der Waals surface area contributed by atoms with E-state index in [4.69, 9.17) is 5.73 Å². The predicted molar refractivity (Wildman–Crippen MR) is 85.6 cm³/mol. The minimum atomic E-state index is -0.302. The first-order valence-electron chi connectivity index (χ1n) is 7.50. The van der Waals surface area contributed by atoms with Crippen LogP contribution in [0.4, 0.5) is 10.1 Å². The van der Waals surface area contributed by atoms with E-state index in [0.29, 0.717) is 30.1 Å². The van der Waals surface area contributed by atoms with Crippen molar-refractivity contribution in [1.29, 1.82) is 0 Å². The Morgan fingerprint density at radius 2 is 2.00 bits per heavy atom. The number of halogens is 1. The molecule has 0 fully saturated rings. The summed E-state index contributed by atoms with van der Waals surface area (Å²) < 4.78 is 13.4. The van der Waals surface area contributed by atoms with Gasteiger partial charge < -0.3 is 11.1 Å². The van der Waals surface area contributed by atoms with Crippen LogP contribution in [0.2, 0.25) is 0 Å². The highest BCUT2D eigenvalue weighted by Crippen LogP contribution is 2.32. The van der Waals surface area contributed by atoms with Crippen LogP contribution in [0.1, 0.15) is 45.6 Å². The molecule has 0 aromatic heterocycles. The smallest absolute Gasteiger partial charge is 0.224 e. The van der Waals surface area contributed by atoms with Gasteiger partial charge in [-0.05, 0) is 55.3 Å². The Kier molecular flexibility index (Phi) is 6.34. The van der Waals surface area contributed by atoms with Crippen molar-refractivity contribution >= 4 is 11.6 Å². The van der Waals surface area contributed by atoms with Crippen LogP contribution in [-0.2, 0) is 4.79 Å². The molecule has 0 aliphatic rings. The van der Waals surface area contributed by atoms with E-state index in [9.17, 15) is 9.18 Å². The first-order chi connectivity index (χ1) is 9.74. The molecule has 1 unspecified atom stereocenters. The summed E-state index contributed by atoms with van der Waals surface area (Å²) in [6.45, 7) is 8.83. The fourth-order valence-electron chi connectivity index (χ4n) is 2.41. The molecule has 1 aromatic carbocycles. The number of carbonyl (C=O) groups excluding carboxylic acids is 1. The monoisotopic (exact) mass is 294 g/mol. The Morgan fingerprint density at radius 1 is 1.33 bits per heavy atom. The summed E-state index contributed by atoms with van der Waals surface area (Å²) in [5.74, 6) is 0.0241. The molecular weight excluding hydrogens is 267 g/mol. The van der Waals surface area contributed by atoms with Gasteiger partial charge in [0.25, 0.3) is 0 Å². The first-order valence-corrected chi connectivity index (χ1v) is 7.50. The molecule has 0 radical (unpaired) electrons. The van der Waals surface area contributed by atoms with Crippen molar-refractivity contribution in [3.8, 4) is 0 Å². The molecule has 0 heterocycles. The zero-order chi connectivity index (χ0) is 16.0. The van der Waals surface area contributed by atoms with Crippen LogP contribution in [0.25, 0.3) is 0 Å². The molecule has 0 spiro atoms. The van der Waals surface area contributed by atoms with Gasteiger partial charge in [-0.2, -0.15) is 0 Å². The van der Waals surface area contributed by atoms with Crippen molar-refractivity contribution in [1.82, 2.24) is 0 Å². The van der Waals surface area contributed by atoms with Crippen molar-refractivity contribution in [2.24, 2.45) is 17.1 Å².